The van der Waals surface area contributed by atoms with E-state index in [0.29, 0.717) is 5.91 Å². The molecule has 21 heavy (non-hydrogen) atoms. The Morgan fingerprint density at radius 2 is 1.67 bits per heavy atom. The van der Waals surface area contributed by atoms with Crippen LogP contribution < -0.4 is 0 Å². The standard InChI is InChI=1S/C18H35N2O/c1-4-6-7-8-9-10-11-12-18(21)19-13-16-20(3,15-5-2)17-14-19/h5H,2,4,6-17H2,1,3H3/q+1. The Labute approximate surface area is 131 Å². The molecule has 3 heteroatoms. The van der Waals surface area contributed by atoms with Gasteiger partial charge in [-0.1, -0.05) is 52.0 Å². The minimum atomic E-state index is 0.369. The number of likely N-dealkylation sites (N-methyl/N-ethyl adjacent to an activating group) is 1. The second kappa shape index (κ2) is 9.99. The fourth-order valence-corrected chi connectivity index (χ4v) is 3.08. The molecule has 0 aromatic rings. The zero-order chi connectivity index (χ0) is 15.6. The Hall–Kier alpha value is -0.830. The molecular weight excluding hydrogens is 260 g/mol. The Morgan fingerprint density at radius 1 is 1.10 bits per heavy atom. The predicted octanol–water partition coefficient (Wildman–Crippen LogP) is 3.60. The topological polar surface area (TPSA) is 20.3 Å². The minimum absolute atomic E-state index is 0.369. The van der Waals surface area contributed by atoms with E-state index in [1.165, 1.54) is 38.5 Å². The Kier molecular flexibility index (Phi) is 8.67. The smallest absolute Gasteiger partial charge is 0.222 e. The molecule has 1 fully saturated rings. The number of rotatable bonds is 10. The SMILES string of the molecule is C=CC[N+]1(C)CCN(C(=O)CCCCCCCCC)CC1. The summed E-state index contributed by atoms with van der Waals surface area (Å²) in [4.78, 5) is 14.3. The van der Waals surface area contributed by atoms with Crippen LogP contribution in [-0.4, -0.2) is 55.1 Å². The van der Waals surface area contributed by atoms with Gasteiger partial charge in [-0.25, -0.2) is 0 Å². The zero-order valence-corrected chi connectivity index (χ0v) is 14.3. The number of hydrogen-bond acceptors (Lipinski definition) is 1. The third-order valence-corrected chi connectivity index (χ3v) is 4.74. The molecule has 0 N–H and O–H groups in total. The summed E-state index contributed by atoms with van der Waals surface area (Å²) in [7, 11) is 2.26. The zero-order valence-electron chi connectivity index (χ0n) is 14.3. The first-order valence-corrected chi connectivity index (χ1v) is 8.83. The fraction of sp³-hybridized carbons (Fsp3) is 0.833. The van der Waals surface area contributed by atoms with E-state index in [9.17, 15) is 4.79 Å². The third-order valence-electron chi connectivity index (χ3n) is 4.74. The maximum atomic E-state index is 12.2. The summed E-state index contributed by atoms with van der Waals surface area (Å²) in [6.45, 7) is 11.1. The number of quaternary nitrogens is 1. The van der Waals surface area contributed by atoms with Crippen LogP contribution in [0, 0.1) is 0 Å². The number of unbranched alkanes of at least 4 members (excludes halogenated alkanes) is 6. The molecule has 0 bridgehead atoms. The van der Waals surface area contributed by atoms with Crippen LogP contribution in [0.25, 0.3) is 0 Å². The molecule has 122 valence electrons. The summed E-state index contributed by atoms with van der Waals surface area (Å²) in [5.74, 6) is 0.369. The van der Waals surface area contributed by atoms with Gasteiger partial charge in [0, 0.05) is 6.42 Å². The van der Waals surface area contributed by atoms with Crippen molar-refractivity contribution in [2.24, 2.45) is 0 Å². The quantitative estimate of drug-likeness (QED) is 0.342. The van der Waals surface area contributed by atoms with E-state index < -0.39 is 0 Å². The predicted molar refractivity (Wildman–Crippen MR) is 90.2 cm³/mol. The maximum Gasteiger partial charge on any atom is 0.222 e. The molecule has 1 aliphatic rings. The van der Waals surface area contributed by atoms with Crippen LogP contribution in [0.4, 0.5) is 0 Å². The lowest BCUT2D eigenvalue weighted by Gasteiger charge is -2.41. The largest absolute Gasteiger partial charge is 0.331 e. The van der Waals surface area contributed by atoms with Crippen LogP contribution in [0.3, 0.4) is 0 Å². The first-order valence-electron chi connectivity index (χ1n) is 8.83. The average molecular weight is 295 g/mol. The lowest BCUT2D eigenvalue weighted by Crippen LogP contribution is -2.58. The molecule has 0 aromatic heterocycles. The van der Waals surface area contributed by atoms with E-state index in [1.807, 2.05) is 6.08 Å². The summed E-state index contributed by atoms with van der Waals surface area (Å²) in [6, 6.07) is 0. The number of carbonyl (C=O) groups excluding carboxylic acids is 1. The first kappa shape index (κ1) is 18.2. The summed E-state index contributed by atoms with van der Waals surface area (Å²) < 4.78 is 1.03. The molecule has 0 unspecified atom stereocenters. The molecule has 1 heterocycles. The van der Waals surface area contributed by atoms with Crippen molar-refractivity contribution in [1.29, 1.82) is 0 Å². The fourth-order valence-electron chi connectivity index (χ4n) is 3.08. The molecule has 1 amide bonds. The highest BCUT2D eigenvalue weighted by atomic mass is 16.2. The van der Waals surface area contributed by atoms with Gasteiger partial charge in [-0.15, -0.1) is 0 Å². The van der Waals surface area contributed by atoms with Crippen molar-refractivity contribution in [3.8, 4) is 0 Å². The van der Waals surface area contributed by atoms with Gasteiger partial charge in [0.2, 0.25) is 5.91 Å². The van der Waals surface area contributed by atoms with Gasteiger partial charge in [0.15, 0.2) is 0 Å². The van der Waals surface area contributed by atoms with Crippen LogP contribution in [0.15, 0.2) is 12.7 Å². The van der Waals surface area contributed by atoms with Gasteiger partial charge in [0.1, 0.15) is 0 Å². The van der Waals surface area contributed by atoms with Crippen molar-refractivity contribution in [3.05, 3.63) is 12.7 Å². The highest BCUT2D eigenvalue weighted by Gasteiger charge is 2.29. The number of carbonyl (C=O) groups is 1. The van der Waals surface area contributed by atoms with E-state index in [-0.39, 0.29) is 0 Å². The highest BCUT2D eigenvalue weighted by molar-refractivity contribution is 5.76. The van der Waals surface area contributed by atoms with Crippen molar-refractivity contribution in [1.82, 2.24) is 4.90 Å². The van der Waals surface area contributed by atoms with Crippen LogP contribution in [-0.2, 0) is 4.79 Å². The van der Waals surface area contributed by atoms with Gasteiger partial charge in [-0.3, -0.25) is 4.79 Å². The monoisotopic (exact) mass is 295 g/mol. The van der Waals surface area contributed by atoms with Crippen molar-refractivity contribution in [2.75, 3.05) is 39.8 Å². The van der Waals surface area contributed by atoms with Crippen LogP contribution in [0.1, 0.15) is 58.3 Å². The van der Waals surface area contributed by atoms with Crippen molar-refractivity contribution >= 4 is 5.91 Å². The molecule has 0 radical (unpaired) electrons. The molecule has 0 spiro atoms. The Balaban J connectivity index is 2.10. The minimum Gasteiger partial charge on any atom is -0.331 e. The summed E-state index contributed by atoms with van der Waals surface area (Å²) in [6.07, 6.45) is 11.7. The molecule has 0 atom stereocenters. The maximum absolute atomic E-state index is 12.2. The van der Waals surface area contributed by atoms with Crippen LogP contribution in [0.2, 0.25) is 0 Å². The van der Waals surface area contributed by atoms with Gasteiger partial charge in [0.25, 0.3) is 0 Å². The molecule has 1 rings (SSSR count). The van der Waals surface area contributed by atoms with E-state index in [4.69, 9.17) is 0 Å². The number of amides is 1. The van der Waals surface area contributed by atoms with Gasteiger partial charge >= 0.3 is 0 Å². The van der Waals surface area contributed by atoms with Crippen molar-refractivity contribution in [3.63, 3.8) is 0 Å². The summed E-state index contributed by atoms with van der Waals surface area (Å²) >= 11 is 0. The number of nitrogens with zero attached hydrogens (tertiary/aromatic N) is 2. The van der Waals surface area contributed by atoms with E-state index in [1.54, 1.807) is 0 Å². The number of hydrogen-bond donors (Lipinski definition) is 0. The van der Waals surface area contributed by atoms with E-state index in [2.05, 4.69) is 25.5 Å². The number of piperazine rings is 1. The van der Waals surface area contributed by atoms with E-state index >= 15 is 0 Å². The van der Waals surface area contributed by atoms with Gasteiger partial charge < -0.3 is 9.38 Å². The van der Waals surface area contributed by atoms with Crippen molar-refractivity contribution in [2.45, 2.75) is 58.3 Å². The lowest BCUT2D eigenvalue weighted by atomic mass is 10.1. The van der Waals surface area contributed by atoms with Crippen LogP contribution in [0.5, 0.6) is 0 Å². The summed E-state index contributed by atoms with van der Waals surface area (Å²) in [5.41, 5.74) is 0. The molecule has 1 saturated heterocycles. The van der Waals surface area contributed by atoms with Crippen molar-refractivity contribution < 1.29 is 9.28 Å². The molecule has 0 aromatic carbocycles. The lowest BCUT2D eigenvalue weighted by molar-refractivity contribution is -0.907. The Morgan fingerprint density at radius 3 is 2.24 bits per heavy atom. The highest BCUT2D eigenvalue weighted by Crippen LogP contribution is 2.13. The molecule has 1 aliphatic heterocycles. The third kappa shape index (κ3) is 7.12. The second-order valence-corrected chi connectivity index (χ2v) is 6.79. The van der Waals surface area contributed by atoms with Gasteiger partial charge in [-0.05, 0) is 12.5 Å². The molecule has 3 nitrogen and oxygen atoms in total. The summed E-state index contributed by atoms with van der Waals surface area (Å²) in [5, 5.41) is 0. The van der Waals surface area contributed by atoms with Crippen LogP contribution >= 0.6 is 0 Å². The second-order valence-electron chi connectivity index (χ2n) is 6.79. The average Bonchev–Trinajstić information content (AvgIpc) is 2.47. The van der Waals surface area contributed by atoms with E-state index in [0.717, 1.165) is 50.0 Å². The molecular formula is C18H35N2O+. The van der Waals surface area contributed by atoms with Gasteiger partial charge in [-0.2, -0.15) is 0 Å². The first-order chi connectivity index (χ1) is 10.1. The van der Waals surface area contributed by atoms with Gasteiger partial charge in [0.05, 0.1) is 39.8 Å². The molecule has 0 aliphatic carbocycles. The molecule has 0 saturated carbocycles. The Bertz CT molecular complexity index is 306. The normalized spacial score (nSPS) is 17.7.